The average Bonchev–Trinajstić information content (AvgIpc) is 2.62. The Morgan fingerprint density at radius 2 is 1.96 bits per heavy atom. The Bertz CT molecular complexity index is 518. The zero-order valence-corrected chi connectivity index (χ0v) is 14.0. The molecule has 2 amide bonds. The van der Waals surface area contributed by atoms with E-state index in [0.717, 1.165) is 38.4 Å². The van der Waals surface area contributed by atoms with E-state index in [1.165, 1.54) is 12.0 Å². The van der Waals surface area contributed by atoms with E-state index < -0.39 is 12.0 Å². The monoisotopic (exact) mass is 336 g/mol. The van der Waals surface area contributed by atoms with E-state index in [2.05, 4.69) is 10.6 Å². The third-order valence-corrected chi connectivity index (χ3v) is 4.04. The first-order valence-corrected chi connectivity index (χ1v) is 8.26. The van der Waals surface area contributed by atoms with Crippen LogP contribution in [0.1, 0.15) is 5.56 Å². The molecule has 0 bridgehead atoms. The second-order valence-corrected chi connectivity index (χ2v) is 5.78. The number of hydrogen-bond acceptors (Lipinski definition) is 4. The smallest absolute Gasteiger partial charge is 0.328 e. The standard InChI is InChI=1S/C17H25N3O4/c1-23-16(21)15(13-14-5-3-2-4-6-14)19-17(22)18-7-8-20-9-11-24-12-10-20/h2-6,15H,7-13H2,1H3,(H2,18,19,22)/p+1/t15-/m0/s1. The Kier molecular flexibility index (Phi) is 7.51. The molecule has 1 atom stereocenters. The fraction of sp³-hybridized carbons (Fsp3) is 0.529. The maximum atomic E-state index is 12.0. The number of rotatable bonds is 7. The van der Waals surface area contributed by atoms with Crippen LogP contribution in [0.2, 0.25) is 0 Å². The molecule has 3 N–H and O–H groups in total. The molecular formula is C17H26N3O4+. The summed E-state index contributed by atoms with van der Waals surface area (Å²) in [6.07, 6.45) is 0.398. The van der Waals surface area contributed by atoms with Gasteiger partial charge in [-0.1, -0.05) is 30.3 Å². The number of methoxy groups -OCH3 is 1. The van der Waals surface area contributed by atoms with Crippen LogP contribution in [-0.2, 0) is 20.7 Å². The third kappa shape index (κ3) is 6.17. The lowest BCUT2D eigenvalue weighted by Gasteiger charge is -2.24. The van der Waals surface area contributed by atoms with Crippen LogP contribution in [-0.4, -0.2) is 64.5 Å². The van der Waals surface area contributed by atoms with Gasteiger partial charge in [-0.3, -0.25) is 0 Å². The maximum Gasteiger partial charge on any atom is 0.328 e. The van der Waals surface area contributed by atoms with Gasteiger partial charge in [0, 0.05) is 6.42 Å². The second kappa shape index (κ2) is 9.89. The molecule has 0 saturated carbocycles. The number of ether oxygens (including phenoxy) is 2. The summed E-state index contributed by atoms with van der Waals surface area (Å²) in [5.41, 5.74) is 0.964. The van der Waals surface area contributed by atoms with Gasteiger partial charge in [-0.15, -0.1) is 0 Å². The van der Waals surface area contributed by atoms with Crippen molar-refractivity contribution < 1.29 is 24.0 Å². The number of nitrogens with one attached hydrogen (secondary N) is 3. The van der Waals surface area contributed by atoms with Gasteiger partial charge in [0.2, 0.25) is 0 Å². The Morgan fingerprint density at radius 1 is 1.25 bits per heavy atom. The fourth-order valence-corrected chi connectivity index (χ4v) is 2.66. The number of urea groups is 1. The quantitative estimate of drug-likeness (QED) is 0.557. The van der Waals surface area contributed by atoms with E-state index in [1.54, 1.807) is 0 Å². The van der Waals surface area contributed by atoms with Crippen LogP contribution in [0.5, 0.6) is 0 Å². The Balaban J connectivity index is 1.77. The number of amides is 2. The van der Waals surface area contributed by atoms with Crippen LogP contribution < -0.4 is 15.5 Å². The number of quaternary nitrogens is 1. The predicted octanol–water partition coefficient (Wildman–Crippen LogP) is -1.01. The molecule has 1 aromatic carbocycles. The van der Waals surface area contributed by atoms with Crippen LogP contribution in [0.4, 0.5) is 4.79 Å². The molecule has 0 unspecified atom stereocenters. The van der Waals surface area contributed by atoms with Crippen molar-refractivity contribution in [1.82, 2.24) is 10.6 Å². The largest absolute Gasteiger partial charge is 0.467 e. The summed E-state index contributed by atoms with van der Waals surface area (Å²) in [5.74, 6) is -0.451. The summed E-state index contributed by atoms with van der Waals surface area (Å²) in [6, 6.07) is 8.48. The Labute approximate surface area is 142 Å². The first-order valence-electron chi connectivity index (χ1n) is 8.26. The third-order valence-electron chi connectivity index (χ3n) is 4.04. The van der Waals surface area contributed by atoms with Gasteiger partial charge < -0.3 is 25.0 Å². The average molecular weight is 336 g/mol. The molecule has 7 nitrogen and oxygen atoms in total. The summed E-state index contributed by atoms with van der Waals surface area (Å²) in [7, 11) is 1.32. The van der Waals surface area contributed by atoms with Crippen LogP contribution in [0.15, 0.2) is 30.3 Å². The van der Waals surface area contributed by atoms with Crippen LogP contribution in [0, 0.1) is 0 Å². The highest BCUT2D eigenvalue weighted by atomic mass is 16.5. The second-order valence-electron chi connectivity index (χ2n) is 5.78. The van der Waals surface area contributed by atoms with E-state index in [4.69, 9.17) is 9.47 Å². The fourth-order valence-electron chi connectivity index (χ4n) is 2.66. The number of hydrogen-bond donors (Lipinski definition) is 3. The SMILES string of the molecule is COC(=O)[C@H](Cc1ccccc1)NC(=O)NCC[NH+]1CCOCC1. The van der Waals surface area contributed by atoms with Crippen molar-refractivity contribution in [1.29, 1.82) is 0 Å². The normalized spacial score (nSPS) is 16.2. The molecule has 0 aliphatic carbocycles. The van der Waals surface area contributed by atoms with Gasteiger partial charge >= 0.3 is 12.0 Å². The molecular weight excluding hydrogens is 310 g/mol. The van der Waals surface area contributed by atoms with E-state index in [1.807, 2.05) is 30.3 Å². The molecule has 0 aromatic heterocycles. The summed E-state index contributed by atoms with van der Waals surface area (Å²) in [4.78, 5) is 25.3. The molecule has 1 heterocycles. The zero-order chi connectivity index (χ0) is 17.2. The molecule has 24 heavy (non-hydrogen) atoms. The highest BCUT2D eigenvalue weighted by molar-refractivity contribution is 5.83. The molecule has 1 aliphatic rings. The summed E-state index contributed by atoms with van der Waals surface area (Å²) in [6.45, 7) is 4.86. The molecule has 7 heteroatoms. The first-order chi connectivity index (χ1) is 11.7. The number of morpholine rings is 1. The van der Waals surface area contributed by atoms with Gasteiger partial charge in [0.1, 0.15) is 19.1 Å². The highest BCUT2D eigenvalue weighted by Gasteiger charge is 2.22. The molecule has 1 aliphatic heterocycles. The van der Waals surface area contributed by atoms with E-state index >= 15 is 0 Å². The molecule has 132 valence electrons. The number of carbonyl (C=O) groups is 2. The van der Waals surface area contributed by atoms with Gasteiger partial charge in [0.05, 0.1) is 33.4 Å². The zero-order valence-electron chi connectivity index (χ0n) is 14.0. The van der Waals surface area contributed by atoms with Crippen LogP contribution in [0.25, 0.3) is 0 Å². The van der Waals surface area contributed by atoms with Crippen LogP contribution in [0.3, 0.4) is 0 Å². The summed E-state index contributed by atoms with van der Waals surface area (Å²) in [5, 5.41) is 5.50. The number of benzene rings is 1. The molecule has 1 saturated heterocycles. The van der Waals surface area contributed by atoms with Crippen molar-refractivity contribution in [2.75, 3.05) is 46.5 Å². The van der Waals surface area contributed by atoms with E-state index in [0.29, 0.717) is 13.0 Å². The highest BCUT2D eigenvalue weighted by Crippen LogP contribution is 2.04. The lowest BCUT2D eigenvalue weighted by atomic mass is 10.1. The maximum absolute atomic E-state index is 12.0. The number of esters is 1. The van der Waals surface area contributed by atoms with E-state index in [-0.39, 0.29) is 6.03 Å². The number of carbonyl (C=O) groups excluding carboxylic acids is 2. The topological polar surface area (TPSA) is 81.1 Å². The summed E-state index contributed by atoms with van der Waals surface area (Å²) >= 11 is 0. The summed E-state index contributed by atoms with van der Waals surface area (Å²) < 4.78 is 10.1. The lowest BCUT2D eigenvalue weighted by molar-refractivity contribution is -0.906. The molecule has 1 fully saturated rings. The van der Waals surface area contributed by atoms with Crippen molar-refractivity contribution in [2.45, 2.75) is 12.5 Å². The van der Waals surface area contributed by atoms with Gasteiger partial charge in [0.15, 0.2) is 0 Å². The minimum absolute atomic E-state index is 0.353. The molecule has 1 aromatic rings. The van der Waals surface area contributed by atoms with Gasteiger partial charge in [-0.2, -0.15) is 0 Å². The minimum atomic E-state index is -0.701. The predicted molar refractivity (Wildman–Crippen MR) is 88.9 cm³/mol. The van der Waals surface area contributed by atoms with Crippen molar-refractivity contribution >= 4 is 12.0 Å². The molecule has 0 radical (unpaired) electrons. The molecule has 0 spiro atoms. The Morgan fingerprint density at radius 3 is 2.62 bits per heavy atom. The van der Waals surface area contributed by atoms with Crippen molar-refractivity contribution in [3.05, 3.63) is 35.9 Å². The first kappa shape index (κ1) is 18.2. The van der Waals surface area contributed by atoms with Gasteiger partial charge in [-0.25, -0.2) is 9.59 Å². The van der Waals surface area contributed by atoms with Crippen LogP contribution >= 0.6 is 0 Å². The lowest BCUT2D eigenvalue weighted by Crippen LogP contribution is -3.14. The Hall–Kier alpha value is -2.12. The van der Waals surface area contributed by atoms with E-state index in [9.17, 15) is 9.59 Å². The molecule has 2 rings (SSSR count). The van der Waals surface area contributed by atoms with Crippen molar-refractivity contribution in [3.8, 4) is 0 Å². The minimum Gasteiger partial charge on any atom is -0.467 e. The van der Waals surface area contributed by atoms with Crippen molar-refractivity contribution in [2.24, 2.45) is 0 Å². The van der Waals surface area contributed by atoms with Crippen molar-refractivity contribution in [3.63, 3.8) is 0 Å². The van der Waals surface area contributed by atoms with Gasteiger partial charge in [-0.05, 0) is 5.56 Å². The van der Waals surface area contributed by atoms with Gasteiger partial charge in [0.25, 0.3) is 0 Å².